The van der Waals surface area contributed by atoms with Gasteiger partial charge in [-0.15, -0.1) is 0 Å². The maximum Gasteiger partial charge on any atom is 0.310 e. The van der Waals surface area contributed by atoms with E-state index in [1.807, 2.05) is 6.92 Å². The predicted molar refractivity (Wildman–Crippen MR) is 112 cm³/mol. The van der Waals surface area contributed by atoms with E-state index in [0.717, 1.165) is 38.0 Å². The number of carboxylic acid groups (broad SMARTS) is 1. The van der Waals surface area contributed by atoms with Gasteiger partial charge in [0.1, 0.15) is 6.10 Å². The molecule has 2 aliphatic carbocycles. The minimum Gasteiger partial charge on any atom is -0.481 e. The number of esters is 1. The summed E-state index contributed by atoms with van der Waals surface area (Å²) in [6, 6.07) is 0. The molecule has 2 fully saturated rings. The van der Waals surface area contributed by atoms with E-state index in [0.29, 0.717) is 18.3 Å². The Morgan fingerprint density at radius 1 is 1.07 bits per heavy atom. The van der Waals surface area contributed by atoms with Crippen molar-refractivity contribution in [1.29, 1.82) is 0 Å². The van der Waals surface area contributed by atoms with Crippen LogP contribution in [0.5, 0.6) is 0 Å². The van der Waals surface area contributed by atoms with Crippen LogP contribution in [-0.2, 0) is 14.3 Å². The third kappa shape index (κ3) is 5.73. The second-order valence-corrected chi connectivity index (χ2v) is 10.6. The average Bonchev–Trinajstić information content (AvgIpc) is 2.60. The van der Waals surface area contributed by atoms with Crippen LogP contribution in [0.2, 0.25) is 0 Å². The summed E-state index contributed by atoms with van der Waals surface area (Å²) in [5.41, 5.74) is 0.111. The van der Waals surface area contributed by atoms with Crippen LogP contribution in [0, 0.1) is 40.9 Å². The molecule has 2 rings (SSSR count). The van der Waals surface area contributed by atoms with Crippen LogP contribution in [-0.4, -0.2) is 23.1 Å². The van der Waals surface area contributed by atoms with Gasteiger partial charge in [-0.3, -0.25) is 9.59 Å². The van der Waals surface area contributed by atoms with Gasteiger partial charge in [0.15, 0.2) is 0 Å². The van der Waals surface area contributed by atoms with Crippen molar-refractivity contribution >= 4 is 11.9 Å². The summed E-state index contributed by atoms with van der Waals surface area (Å²) < 4.78 is 6.20. The molecule has 0 saturated heterocycles. The van der Waals surface area contributed by atoms with Crippen molar-refractivity contribution in [2.75, 3.05) is 0 Å². The van der Waals surface area contributed by atoms with Gasteiger partial charge in [-0.25, -0.2) is 0 Å². The molecular weight excluding hydrogens is 352 g/mol. The van der Waals surface area contributed by atoms with Gasteiger partial charge >= 0.3 is 11.9 Å². The van der Waals surface area contributed by atoms with Crippen LogP contribution in [0.3, 0.4) is 0 Å². The number of hydrogen-bond donors (Lipinski definition) is 1. The molecule has 7 unspecified atom stereocenters. The topological polar surface area (TPSA) is 63.6 Å². The fourth-order valence-electron chi connectivity index (χ4n) is 5.54. The second kappa shape index (κ2) is 9.63. The highest BCUT2D eigenvalue weighted by atomic mass is 16.5. The minimum atomic E-state index is -0.848. The molecular formula is C24H42O4. The number of carbonyl (C=O) groups excluding carboxylic acids is 1. The summed E-state index contributed by atoms with van der Waals surface area (Å²) >= 11 is 0. The maximum absolute atomic E-state index is 13.2. The van der Waals surface area contributed by atoms with Crippen molar-refractivity contribution in [2.24, 2.45) is 40.9 Å². The molecule has 0 aromatic carbocycles. The molecule has 0 spiro atoms. The maximum atomic E-state index is 13.2. The molecule has 162 valence electrons. The molecule has 0 aromatic rings. The molecule has 0 amide bonds. The fraction of sp³-hybridized carbons (Fsp3) is 0.917. The number of carboxylic acids is 1. The Balaban J connectivity index is 2.18. The Kier molecular flexibility index (Phi) is 7.98. The van der Waals surface area contributed by atoms with Crippen molar-refractivity contribution < 1.29 is 19.4 Å². The fourth-order valence-corrected chi connectivity index (χ4v) is 5.54. The number of ether oxygens (including phenoxy) is 1. The van der Waals surface area contributed by atoms with Gasteiger partial charge in [0.25, 0.3) is 0 Å². The van der Waals surface area contributed by atoms with E-state index in [1.165, 1.54) is 12.8 Å². The van der Waals surface area contributed by atoms with Crippen molar-refractivity contribution in [2.45, 2.75) is 99.0 Å². The molecule has 2 saturated carbocycles. The first-order valence-corrected chi connectivity index (χ1v) is 11.5. The van der Waals surface area contributed by atoms with Crippen molar-refractivity contribution in [3.05, 3.63) is 0 Å². The molecule has 2 aliphatic rings. The predicted octanol–water partition coefficient (Wildman–Crippen LogP) is 5.93. The van der Waals surface area contributed by atoms with Crippen LogP contribution >= 0.6 is 0 Å². The van der Waals surface area contributed by atoms with E-state index in [4.69, 9.17) is 4.74 Å². The molecule has 7 atom stereocenters. The Hall–Kier alpha value is -1.06. The Bertz CT molecular complexity index is 541. The smallest absolute Gasteiger partial charge is 0.310 e. The van der Waals surface area contributed by atoms with Crippen LogP contribution in [0.25, 0.3) is 0 Å². The Labute approximate surface area is 171 Å². The molecule has 4 heteroatoms. The van der Waals surface area contributed by atoms with Gasteiger partial charge in [0, 0.05) is 0 Å². The van der Waals surface area contributed by atoms with Gasteiger partial charge in [-0.1, -0.05) is 60.8 Å². The van der Waals surface area contributed by atoms with E-state index >= 15 is 0 Å². The van der Waals surface area contributed by atoms with Gasteiger partial charge < -0.3 is 9.84 Å². The molecule has 28 heavy (non-hydrogen) atoms. The number of hydrogen-bond acceptors (Lipinski definition) is 3. The summed E-state index contributed by atoms with van der Waals surface area (Å²) in [7, 11) is 0. The SMILES string of the molecule is CCC(C)(C)CC(OC(=O)C1CCCC(C)C1C(=O)O)C1CCC(C)CC1C. The van der Waals surface area contributed by atoms with Gasteiger partial charge in [0.2, 0.25) is 0 Å². The number of aliphatic carboxylic acids is 1. The zero-order valence-corrected chi connectivity index (χ0v) is 18.9. The lowest BCUT2D eigenvalue weighted by Gasteiger charge is -2.41. The Morgan fingerprint density at radius 2 is 1.75 bits per heavy atom. The first kappa shape index (κ1) is 23.2. The van der Waals surface area contributed by atoms with Crippen LogP contribution in [0.1, 0.15) is 92.9 Å². The highest BCUT2D eigenvalue weighted by Gasteiger charge is 2.43. The van der Waals surface area contributed by atoms with Gasteiger partial charge in [0.05, 0.1) is 11.8 Å². The first-order valence-electron chi connectivity index (χ1n) is 11.5. The van der Waals surface area contributed by atoms with Crippen LogP contribution < -0.4 is 0 Å². The lowest BCUT2D eigenvalue weighted by atomic mass is 9.69. The quantitative estimate of drug-likeness (QED) is 0.543. The van der Waals surface area contributed by atoms with E-state index in [9.17, 15) is 14.7 Å². The summed E-state index contributed by atoms with van der Waals surface area (Å²) in [6.45, 7) is 13.2. The third-order valence-corrected chi connectivity index (χ3v) is 7.76. The van der Waals surface area contributed by atoms with E-state index in [-0.39, 0.29) is 23.4 Å². The van der Waals surface area contributed by atoms with Crippen molar-refractivity contribution in [3.63, 3.8) is 0 Å². The van der Waals surface area contributed by atoms with Crippen molar-refractivity contribution in [1.82, 2.24) is 0 Å². The second-order valence-electron chi connectivity index (χ2n) is 10.6. The molecule has 0 aromatic heterocycles. The summed E-state index contributed by atoms with van der Waals surface area (Å²) in [6.07, 6.45) is 7.70. The molecule has 0 bridgehead atoms. The van der Waals surface area contributed by atoms with E-state index in [2.05, 4.69) is 34.6 Å². The summed E-state index contributed by atoms with van der Waals surface area (Å²) in [5, 5.41) is 9.70. The number of carbonyl (C=O) groups is 2. The normalized spacial score (nSPS) is 35.2. The lowest BCUT2D eigenvalue weighted by Crippen LogP contribution is -2.43. The van der Waals surface area contributed by atoms with Gasteiger partial charge in [-0.05, 0) is 61.2 Å². The van der Waals surface area contributed by atoms with Crippen LogP contribution in [0.4, 0.5) is 0 Å². The van der Waals surface area contributed by atoms with Crippen molar-refractivity contribution in [3.8, 4) is 0 Å². The molecule has 0 radical (unpaired) electrons. The largest absolute Gasteiger partial charge is 0.481 e. The highest BCUT2D eigenvalue weighted by Crippen LogP contribution is 2.42. The molecule has 4 nitrogen and oxygen atoms in total. The zero-order chi connectivity index (χ0) is 21.1. The Morgan fingerprint density at radius 3 is 2.32 bits per heavy atom. The standard InChI is InChI=1S/C24H42O4/c1-7-24(5,6)14-20(18-12-11-15(2)13-17(18)4)28-23(27)19-10-8-9-16(3)21(19)22(25)26/h15-21H,7-14H2,1-6H3,(H,25,26). The molecule has 0 aliphatic heterocycles. The summed E-state index contributed by atoms with van der Waals surface area (Å²) in [4.78, 5) is 25.0. The van der Waals surface area contributed by atoms with Crippen LogP contribution in [0.15, 0.2) is 0 Å². The molecule has 1 N–H and O–H groups in total. The summed E-state index contributed by atoms with van der Waals surface area (Å²) in [5.74, 6) is -0.525. The highest BCUT2D eigenvalue weighted by molar-refractivity contribution is 5.81. The van der Waals surface area contributed by atoms with E-state index in [1.54, 1.807) is 0 Å². The van der Waals surface area contributed by atoms with Gasteiger partial charge in [-0.2, -0.15) is 0 Å². The van der Waals surface area contributed by atoms with E-state index < -0.39 is 17.8 Å². The zero-order valence-electron chi connectivity index (χ0n) is 18.9. The average molecular weight is 395 g/mol. The minimum absolute atomic E-state index is 0.0313. The third-order valence-electron chi connectivity index (χ3n) is 7.76. The monoisotopic (exact) mass is 394 g/mol. The lowest BCUT2D eigenvalue weighted by molar-refractivity contribution is -0.171. The molecule has 0 heterocycles. The first-order chi connectivity index (χ1) is 13.1. The number of rotatable bonds is 7.